The van der Waals surface area contributed by atoms with Gasteiger partial charge >= 0.3 is 0 Å². The van der Waals surface area contributed by atoms with E-state index in [4.69, 9.17) is 11.5 Å². The van der Waals surface area contributed by atoms with Crippen LogP contribution < -0.4 is 11.5 Å². The second kappa shape index (κ2) is 3.16. The SMILES string of the molecule is NC[C@H](N)c1nccc2[nH]ccc12. The maximum absolute atomic E-state index is 5.82. The van der Waals surface area contributed by atoms with Crippen LogP contribution >= 0.6 is 0 Å². The van der Waals surface area contributed by atoms with Gasteiger partial charge in [-0.2, -0.15) is 0 Å². The third-order valence-electron chi connectivity index (χ3n) is 2.11. The molecule has 13 heavy (non-hydrogen) atoms. The van der Waals surface area contributed by atoms with E-state index < -0.39 is 0 Å². The van der Waals surface area contributed by atoms with Crippen molar-refractivity contribution >= 4 is 10.9 Å². The number of pyridine rings is 1. The van der Waals surface area contributed by atoms with Crippen molar-refractivity contribution in [3.05, 3.63) is 30.2 Å². The standard InChI is InChI=1S/C9H12N4/c10-5-7(11)9-6-1-3-12-8(6)2-4-13-9/h1-4,7,12H,5,10-11H2/t7-/m0/s1. The molecule has 2 aromatic rings. The van der Waals surface area contributed by atoms with Crippen LogP contribution in [0.3, 0.4) is 0 Å². The van der Waals surface area contributed by atoms with E-state index in [0.29, 0.717) is 6.54 Å². The molecule has 0 aliphatic carbocycles. The van der Waals surface area contributed by atoms with Gasteiger partial charge in [0.2, 0.25) is 0 Å². The lowest BCUT2D eigenvalue weighted by Gasteiger charge is -2.08. The van der Waals surface area contributed by atoms with Gasteiger partial charge in [-0.05, 0) is 12.1 Å². The highest BCUT2D eigenvalue weighted by molar-refractivity contribution is 5.81. The Morgan fingerprint density at radius 1 is 1.46 bits per heavy atom. The van der Waals surface area contributed by atoms with Crippen LogP contribution in [-0.2, 0) is 0 Å². The maximum atomic E-state index is 5.82. The number of aromatic amines is 1. The average molecular weight is 176 g/mol. The minimum absolute atomic E-state index is 0.181. The lowest BCUT2D eigenvalue weighted by Crippen LogP contribution is -2.21. The topological polar surface area (TPSA) is 80.7 Å². The van der Waals surface area contributed by atoms with Crippen molar-refractivity contribution in [2.45, 2.75) is 6.04 Å². The monoisotopic (exact) mass is 176 g/mol. The van der Waals surface area contributed by atoms with E-state index in [0.717, 1.165) is 16.6 Å². The van der Waals surface area contributed by atoms with Gasteiger partial charge < -0.3 is 16.5 Å². The first-order chi connectivity index (χ1) is 6.33. The molecule has 0 spiro atoms. The van der Waals surface area contributed by atoms with E-state index in [1.165, 1.54) is 0 Å². The Hall–Kier alpha value is -1.39. The van der Waals surface area contributed by atoms with Crippen LogP contribution in [0.15, 0.2) is 24.5 Å². The molecule has 4 nitrogen and oxygen atoms in total. The number of nitrogens with one attached hydrogen (secondary N) is 1. The van der Waals surface area contributed by atoms with Crippen molar-refractivity contribution in [3.63, 3.8) is 0 Å². The smallest absolute Gasteiger partial charge is 0.0677 e. The molecule has 2 aromatic heterocycles. The minimum atomic E-state index is -0.181. The Morgan fingerprint density at radius 2 is 2.31 bits per heavy atom. The Morgan fingerprint density at radius 3 is 3.08 bits per heavy atom. The molecule has 2 heterocycles. The fourth-order valence-corrected chi connectivity index (χ4v) is 1.41. The van der Waals surface area contributed by atoms with Crippen LogP contribution in [0.25, 0.3) is 10.9 Å². The van der Waals surface area contributed by atoms with E-state index >= 15 is 0 Å². The molecule has 0 aliphatic rings. The van der Waals surface area contributed by atoms with E-state index in [9.17, 15) is 0 Å². The Balaban J connectivity index is 2.60. The Labute approximate surface area is 76.0 Å². The van der Waals surface area contributed by atoms with Gasteiger partial charge in [-0.25, -0.2) is 0 Å². The molecule has 0 amide bonds. The Kier molecular flexibility index (Phi) is 2.00. The summed E-state index contributed by atoms with van der Waals surface area (Å²) in [6.07, 6.45) is 3.61. The maximum Gasteiger partial charge on any atom is 0.0677 e. The zero-order valence-corrected chi connectivity index (χ0v) is 7.20. The largest absolute Gasteiger partial charge is 0.361 e. The summed E-state index contributed by atoms with van der Waals surface area (Å²) >= 11 is 0. The number of aromatic nitrogens is 2. The van der Waals surface area contributed by atoms with Crippen LogP contribution in [0.2, 0.25) is 0 Å². The molecular formula is C9H12N4. The number of fused-ring (bicyclic) bond motifs is 1. The van der Waals surface area contributed by atoms with Crippen LogP contribution in [0.4, 0.5) is 0 Å². The van der Waals surface area contributed by atoms with Crippen molar-refractivity contribution < 1.29 is 0 Å². The summed E-state index contributed by atoms with van der Waals surface area (Å²) in [6, 6.07) is 3.70. The van der Waals surface area contributed by atoms with E-state index in [2.05, 4.69) is 9.97 Å². The van der Waals surface area contributed by atoms with Crippen LogP contribution in [0.5, 0.6) is 0 Å². The van der Waals surface area contributed by atoms with Gasteiger partial charge in [0.05, 0.1) is 11.7 Å². The fraction of sp³-hybridized carbons (Fsp3) is 0.222. The molecule has 0 unspecified atom stereocenters. The average Bonchev–Trinajstić information content (AvgIpc) is 2.63. The number of hydrogen-bond donors (Lipinski definition) is 3. The summed E-state index contributed by atoms with van der Waals surface area (Å²) in [4.78, 5) is 7.33. The van der Waals surface area contributed by atoms with Crippen molar-refractivity contribution in [3.8, 4) is 0 Å². The van der Waals surface area contributed by atoms with Crippen LogP contribution in [0.1, 0.15) is 11.7 Å². The predicted octanol–water partition coefficient (Wildman–Crippen LogP) is 0.521. The quantitative estimate of drug-likeness (QED) is 0.624. The highest BCUT2D eigenvalue weighted by Gasteiger charge is 2.09. The summed E-state index contributed by atoms with van der Waals surface area (Å²) in [5.74, 6) is 0. The molecular weight excluding hydrogens is 164 g/mol. The lowest BCUT2D eigenvalue weighted by atomic mass is 10.1. The molecule has 5 N–H and O–H groups in total. The first kappa shape index (κ1) is 8.22. The fourth-order valence-electron chi connectivity index (χ4n) is 1.41. The third kappa shape index (κ3) is 1.30. The first-order valence-corrected chi connectivity index (χ1v) is 4.20. The summed E-state index contributed by atoms with van der Waals surface area (Å²) in [5, 5.41) is 1.06. The van der Waals surface area contributed by atoms with Crippen molar-refractivity contribution in [2.75, 3.05) is 6.54 Å². The molecule has 0 bridgehead atoms. The molecule has 0 saturated heterocycles. The number of nitrogens with zero attached hydrogens (tertiary/aromatic N) is 1. The lowest BCUT2D eigenvalue weighted by molar-refractivity contribution is 0.719. The zero-order valence-electron chi connectivity index (χ0n) is 7.20. The van der Waals surface area contributed by atoms with Gasteiger partial charge in [0.25, 0.3) is 0 Å². The minimum Gasteiger partial charge on any atom is -0.361 e. The highest BCUT2D eigenvalue weighted by atomic mass is 14.8. The van der Waals surface area contributed by atoms with E-state index in [1.807, 2.05) is 18.3 Å². The van der Waals surface area contributed by atoms with E-state index in [1.54, 1.807) is 6.20 Å². The summed E-state index contributed by atoms with van der Waals surface area (Å²) < 4.78 is 0. The second-order valence-corrected chi connectivity index (χ2v) is 2.98. The van der Waals surface area contributed by atoms with Gasteiger partial charge in [0.15, 0.2) is 0 Å². The molecule has 4 heteroatoms. The number of H-pyrrole nitrogens is 1. The first-order valence-electron chi connectivity index (χ1n) is 4.20. The van der Waals surface area contributed by atoms with Crippen LogP contribution in [0, 0.1) is 0 Å². The van der Waals surface area contributed by atoms with Crippen molar-refractivity contribution in [1.29, 1.82) is 0 Å². The zero-order chi connectivity index (χ0) is 9.26. The Bertz CT molecular complexity index is 407. The molecule has 0 fully saturated rings. The van der Waals surface area contributed by atoms with E-state index in [-0.39, 0.29) is 6.04 Å². The van der Waals surface area contributed by atoms with Gasteiger partial charge in [0.1, 0.15) is 0 Å². The highest BCUT2D eigenvalue weighted by Crippen LogP contribution is 2.18. The normalized spacial score (nSPS) is 13.4. The molecule has 0 aliphatic heterocycles. The van der Waals surface area contributed by atoms with Crippen molar-refractivity contribution in [2.24, 2.45) is 11.5 Å². The van der Waals surface area contributed by atoms with Gasteiger partial charge in [-0.1, -0.05) is 0 Å². The molecule has 0 radical (unpaired) electrons. The molecule has 2 rings (SSSR count). The molecule has 0 aromatic carbocycles. The number of hydrogen-bond acceptors (Lipinski definition) is 3. The second-order valence-electron chi connectivity index (χ2n) is 2.98. The summed E-state index contributed by atoms with van der Waals surface area (Å²) in [5.41, 5.74) is 13.2. The number of rotatable bonds is 2. The van der Waals surface area contributed by atoms with Crippen LogP contribution in [-0.4, -0.2) is 16.5 Å². The third-order valence-corrected chi connectivity index (χ3v) is 2.11. The van der Waals surface area contributed by atoms with Gasteiger partial charge in [-0.3, -0.25) is 4.98 Å². The molecule has 68 valence electrons. The summed E-state index contributed by atoms with van der Waals surface area (Å²) in [7, 11) is 0. The van der Waals surface area contributed by atoms with Gasteiger partial charge in [-0.15, -0.1) is 0 Å². The summed E-state index contributed by atoms with van der Waals surface area (Å²) in [6.45, 7) is 0.414. The van der Waals surface area contributed by atoms with Crippen molar-refractivity contribution in [1.82, 2.24) is 9.97 Å². The molecule has 1 atom stereocenters. The molecule has 0 saturated carbocycles. The number of nitrogens with two attached hydrogens (primary N) is 2. The predicted molar refractivity (Wildman–Crippen MR) is 52.1 cm³/mol. The van der Waals surface area contributed by atoms with Gasteiger partial charge in [0, 0.05) is 29.8 Å².